The average Bonchev–Trinajstić information content (AvgIpc) is 2.78. The van der Waals surface area contributed by atoms with Gasteiger partial charge in [0.15, 0.2) is 11.5 Å². The lowest BCUT2D eigenvalue weighted by Crippen LogP contribution is -2.46. The van der Waals surface area contributed by atoms with E-state index in [1.54, 1.807) is 51.4 Å². The minimum absolute atomic E-state index is 0.0551. The number of anilines is 1. The van der Waals surface area contributed by atoms with Crippen LogP contribution in [0.5, 0.6) is 17.2 Å². The number of rotatable bonds is 7. The monoisotopic (exact) mass is 413 g/mol. The molecule has 1 amide bonds. The van der Waals surface area contributed by atoms with Gasteiger partial charge in [0.1, 0.15) is 5.75 Å². The third kappa shape index (κ3) is 4.20. The quantitative estimate of drug-likeness (QED) is 0.644. The Morgan fingerprint density at radius 3 is 2.30 bits per heavy atom. The van der Waals surface area contributed by atoms with Gasteiger partial charge in [-0.15, -0.1) is 0 Å². The number of piperidine rings is 1. The second-order valence-corrected chi connectivity index (χ2v) is 6.92. The number of carbonyl (C=O) groups excluding carboxylic acids is 2. The maximum Gasteiger partial charge on any atom is 0.311 e. The summed E-state index contributed by atoms with van der Waals surface area (Å²) in [7, 11) is 4.70. The number of hydrogen-bond donors (Lipinski definition) is 0. The van der Waals surface area contributed by atoms with E-state index in [-0.39, 0.29) is 24.9 Å². The Hall–Kier alpha value is -3.22. The summed E-state index contributed by atoms with van der Waals surface area (Å²) in [6.45, 7) is 2.06. The molecule has 160 valence electrons. The van der Waals surface area contributed by atoms with Crippen molar-refractivity contribution in [2.24, 2.45) is 5.92 Å². The van der Waals surface area contributed by atoms with Gasteiger partial charge in [-0.3, -0.25) is 9.59 Å². The fourth-order valence-electron chi connectivity index (χ4n) is 3.85. The number of benzene rings is 2. The van der Waals surface area contributed by atoms with Crippen LogP contribution in [0.3, 0.4) is 0 Å². The molecule has 0 aliphatic carbocycles. The van der Waals surface area contributed by atoms with Gasteiger partial charge in [0, 0.05) is 12.1 Å². The Kier molecular flexibility index (Phi) is 6.82. The third-order valence-corrected chi connectivity index (χ3v) is 5.29. The molecule has 2 aromatic rings. The van der Waals surface area contributed by atoms with E-state index in [2.05, 4.69) is 0 Å². The molecule has 0 aromatic heterocycles. The molecular weight excluding hydrogens is 386 g/mol. The van der Waals surface area contributed by atoms with Crippen molar-refractivity contribution in [1.82, 2.24) is 0 Å². The molecule has 0 saturated carbocycles. The zero-order valence-electron chi connectivity index (χ0n) is 17.7. The lowest BCUT2D eigenvalue weighted by Gasteiger charge is -2.40. The number of hydrogen-bond acceptors (Lipinski definition) is 6. The second kappa shape index (κ2) is 9.52. The van der Waals surface area contributed by atoms with Gasteiger partial charge in [0.25, 0.3) is 0 Å². The molecule has 2 aromatic carbocycles. The topological polar surface area (TPSA) is 74.3 Å². The van der Waals surface area contributed by atoms with Crippen molar-refractivity contribution >= 4 is 17.6 Å². The van der Waals surface area contributed by atoms with Crippen molar-refractivity contribution in [1.29, 1.82) is 0 Å². The van der Waals surface area contributed by atoms with Crippen molar-refractivity contribution in [3.63, 3.8) is 0 Å². The van der Waals surface area contributed by atoms with Gasteiger partial charge in [-0.05, 0) is 55.3 Å². The van der Waals surface area contributed by atoms with Crippen LogP contribution in [0.25, 0.3) is 0 Å². The van der Waals surface area contributed by atoms with E-state index in [1.165, 1.54) is 0 Å². The standard InChI is InChI=1S/C23H27NO6/c1-5-30-23(26)18-11-13-21(25)24(16-7-9-17(27-2)10-8-16)22(18)15-6-12-19(28-3)20(14-15)29-4/h6-10,12,14,18,22H,5,11,13H2,1-4H3. The highest BCUT2D eigenvalue weighted by molar-refractivity contribution is 5.97. The summed E-state index contributed by atoms with van der Waals surface area (Å²) < 4.78 is 21.4. The lowest BCUT2D eigenvalue weighted by molar-refractivity contribution is -0.150. The van der Waals surface area contributed by atoms with Crippen LogP contribution in [0.4, 0.5) is 5.69 Å². The third-order valence-electron chi connectivity index (χ3n) is 5.29. The first-order valence-corrected chi connectivity index (χ1v) is 9.88. The summed E-state index contributed by atoms with van der Waals surface area (Å²) in [4.78, 5) is 27.5. The van der Waals surface area contributed by atoms with Crippen molar-refractivity contribution in [3.05, 3.63) is 48.0 Å². The molecule has 7 nitrogen and oxygen atoms in total. The Morgan fingerprint density at radius 2 is 1.70 bits per heavy atom. The summed E-state index contributed by atoms with van der Waals surface area (Å²) in [6.07, 6.45) is 0.683. The predicted octanol–water partition coefficient (Wildman–Crippen LogP) is 3.76. The largest absolute Gasteiger partial charge is 0.497 e. The lowest BCUT2D eigenvalue weighted by atomic mass is 9.83. The molecule has 1 fully saturated rings. The van der Waals surface area contributed by atoms with E-state index in [1.807, 2.05) is 24.3 Å². The maximum absolute atomic E-state index is 13.0. The van der Waals surface area contributed by atoms with E-state index in [9.17, 15) is 9.59 Å². The zero-order valence-corrected chi connectivity index (χ0v) is 17.7. The first-order chi connectivity index (χ1) is 14.5. The SMILES string of the molecule is CCOC(=O)C1CCC(=O)N(c2ccc(OC)cc2)C1c1ccc(OC)c(OC)c1. The molecule has 1 aliphatic rings. The van der Waals surface area contributed by atoms with Crippen molar-refractivity contribution in [3.8, 4) is 17.2 Å². The number of ether oxygens (including phenoxy) is 4. The van der Waals surface area contributed by atoms with Gasteiger partial charge >= 0.3 is 5.97 Å². The molecule has 0 spiro atoms. The van der Waals surface area contributed by atoms with Gasteiger partial charge in [0.05, 0.1) is 39.9 Å². The van der Waals surface area contributed by atoms with E-state index in [4.69, 9.17) is 18.9 Å². The minimum atomic E-state index is -0.529. The van der Waals surface area contributed by atoms with E-state index >= 15 is 0 Å². The highest BCUT2D eigenvalue weighted by Gasteiger charge is 2.42. The van der Waals surface area contributed by atoms with Gasteiger partial charge in [-0.2, -0.15) is 0 Å². The van der Waals surface area contributed by atoms with Gasteiger partial charge < -0.3 is 23.8 Å². The first-order valence-electron chi connectivity index (χ1n) is 9.88. The zero-order chi connectivity index (χ0) is 21.7. The van der Waals surface area contributed by atoms with Crippen molar-refractivity contribution in [2.45, 2.75) is 25.8 Å². The van der Waals surface area contributed by atoms with E-state index < -0.39 is 12.0 Å². The molecule has 0 bridgehead atoms. The average molecular weight is 413 g/mol. The molecule has 1 saturated heterocycles. The number of amides is 1. The van der Waals surface area contributed by atoms with Crippen LogP contribution < -0.4 is 19.1 Å². The summed E-state index contributed by atoms with van der Waals surface area (Å²) in [5, 5.41) is 0. The second-order valence-electron chi connectivity index (χ2n) is 6.92. The Labute approximate surface area is 176 Å². The summed E-state index contributed by atoms with van der Waals surface area (Å²) >= 11 is 0. The Morgan fingerprint density at radius 1 is 1.00 bits per heavy atom. The molecule has 1 heterocycles. The van der Waals surface area contributed by atoms with Crippen LogP contribution in [-0.2, 0) is 14.3 Å². The van der Waals surface area contributed by atoms with Crippen LogP contribution in [0.2, 0.25) is 0 Å². The summed E-state index contributed by atoms with van der Waals surface area (Å²) in [6, 6.07) is 12.1. The molecule has 1 aliphatic heterocycles. The first kappa shape index (κ1) is 21.5. The van der Waals surface area contributed by atoms with Crippen LogP contribution in [0.1, 0.15) is 31.4 Å². The highest BCUT2D eigenvalue weighted by Crippen LogP contribution is 2.43. The Bertz CT molecular complexity index is 895. The molecule has 30 heavy (non-hydrogen) atoms. The molecule has 2 atom stereocenters. The molecule has 2 unspecified atom stereocenters. The summed E-state index contributed by atoms with van der Waals surface area (Å²) in [5.74, 6) is 0.928. The van der Waals surface area contributed by atoms with Crippen LogP contribution in [-0.4, -0.2) is 39.8 Å². The number of carbonyl (C=O) groups is 2. The molecule has 0 radical (unpaired) electrons. The number of esters is 1. The van der Waals surface area contributed by atoms with Gasteiger partial charge in [-0.25, -0.2) is 0 Å². The summed E-state index contributed by atoms with van der Waals surface area (Å²) in [5.41, 5.74) is 1.46. The van der Waals surface area contributed by atoms with Crippen molar-refractivity contribution in [2.75, 3.05) is 32.8 Å². The fraction of sp³-hybridized carbons (Fsp3) is 0.391. The predicted molar refractivity (Wildman–Crippen MR) is 112 cm³/mol. The molecule has 0 N–H and O–H groups in total. The van der Waals surface area contributed by atoms with Crippen LogP contribution in [0, 0.1) is 5.92 Å². The molecule has 3 rings (SSSR count). The van der Waals surface area contributed by atoms with Gasteiger partial charge in [0.2, 0.25) is 5.91 Å². The van der Waals surface area contributed by atoms with Gasteiger partial charge in [-0.1, -0.05) is 6.07 Å². The minimum Gasteiger partial charge on any atom is -0.497 e. The molecular formula is C23H27NO6. The van der Waals surface area contributed by atoms with Crippen LogP contribution in [0.15, 0.2) is 42.5 Å². The normalized spacial score (nSPS) is 18.7. The number of nitrogens with zero attached hydrogens (tertiary/aromatic N) is 1. The smallest absolute Gasteiger partial charge is 0.311 e. The molecule has 7 heteroatoms. The Balaban J connectivity index is 2.11. The highest BCUT2D eigenvalue weighted by atomic mass is 16.5. The maximum atomic E-state index is 13.0. The van der Waals surface area contributed by atoms with Crippen molar-refractivity contribution < 1.29 is 28.5 Å². The van der Waals surface area contributed by atoms with E-state index in [0.29, 0.717) is 29.4 Å². The van der Waals surface area contributed by atoms with Crippen LogP contribution >= 0.6 is 0 Å². The van der Waals surface area contributed by atoms with E-state index in [0.717, 1.165) is 5.56 Å². The fourth-order valence-corrected chi connectivity index (χ4v) is 3.85. The number of methoxy groups -OCH3 is 3.